The van der Waals surface area contributed by atoms with E-state index in [-0.39, 0.29) is 28.7 Å². The molecule has 0 spiro atoms. The van der Waals surface area contributed by atoms with E-state index in [0.29, 0.717) is 5.17 Å². The molecule has 2 rings (SSSR count). The molecule has 1 saturated heterocycles. The number of halogens is 1. The number of hydrogen-bond acceptors (Lipinski definition) is 6. The van der Waals surface area contributed by atoms with Gasteiger partial charge in [0.25, 0.3) is 5.69 Å². The minimum atomic E-state index is -0.582. The Morgan fingerprint density at radius 3 is 2.83 bits per heavy atom. The third kappa shape index (κ3) is 3.80. The van der Waals surface area contributed by atoms with Crippen LogP contribution in [0.3, 0.4) is 0 Å². The fourth-order valence-electron chi connectivity index (χ4n) is 1.99. The molecule has 8 nitrogen and oxygen atoms in total. The predicted molar refractivity (Wildman–Crippen MR) is 88.9 cm³/mol. The van der Waals surface area contributed by atoms with Gasteiger partial charge in [0.05, 0.1) is 15.6 Å². The molecule has 10 heteroatoms. The number of amides is 2. The van der Waals surface area contributed by atoms with E-state index in [1.807, 2.05) is 0 Å². The summed E-state index contributed by atoms with van der Waals surface area (Å²) in [6.07, 6.45) is -0.0775. The van der Waals surface area contributed by atoms with Crippen LogP contribution in [0.1, 0.15) is 6.42 Å². The van der Waals surface area contributed by atoms with E-state index in [2.05, 4.69) is 10.3 Å². The van der Waals surface area contributed by atoms with Crippen molar-refractivity contribution >= 4 is 51.7 Å². The topological polar surface area (TPSA) is 105 Å². The van der Waals surface area contributed by atoms with Gasteiger partial charge in [-0.15, -0.1) is 0 Å². The highest BCUT2D eigenvalue weighted by molar-refractivity contribution is 8.15. The maximum atomic E-state index is 12.1. The third-order valence-corrected chi connectivity index (χ3v) is 4.79. The summed E-state index contributed by atoms with van der Waals surface area (Å²) in [7, 11) is 3.16. The van der Waals surface area contributed by atoms with Crippen LogP contribution < -0.4 is 5.32 Å². The number of rotatable bonds is 4. The standard InChI is InChI=1S/C13H13ClN4O4S/c1-15-13-17(2)12(20)10(23-13)6-11(19)16-9-5-7(18(21)22)3-4-8(9)14/h3-5,10H,6H2,1-2H3,(H,16,19)/t10-/m1/s1. The number of anilines is 1. The lowest BCUT2D eigenvalue weighted by molar-refractivity contribution is -0.384. The number of aliphatic imine (C=N–C) groups is 1. The first-order valence-electron chi connectivity index (χ1n) is 6.48. The van der Waals surface area contributed by atoms with Gasteiger partial charge in [0.2, 0.25) is 11.8 Å². The number of nitrogens with zero attached hydrogens (tertiary/aromatic N) is 3. The summed E-state index contributed by atoms with van der Waals surface area (Å²) in [6.45, 7) is 0. The number of nitro groups is 1. The maximum Gasteiger partial charge on any atom is 0.271 e. The highest BCUT2D eigenvalue weighted by atomic mass is 35.5. The van der Waals surface area contributed by atoms with Gasteiger partial charge in [0.1, 0.15) is 5.25 Å². The summed E-state index contributed by atoms with van der Waals surface area (Å²) >= 11 is 7.12. The molecule has 1 heterocycles. The summed E-state index contributed by atoms with van der Waals surface area (Å²) in [6, 6.07) is 3.75. The third-order valence-electron chi connectivity index (χ3n) is 3.14. The number of nitrogens with one attached hydrogen (secondary N) is 1. The van der Waals surface area contributed by atoms with Gasteiger partial charge >= 0.3 is 0 Å². The Balaban J connectivity index is 2.07. The molecular weight excluding hydrogens is 344 g/mol. The van der Waals surface area contributed by atoms with Gasteiger partial charge in [-0.1, -0.05) is 23.4 Å². The van der Waals surface area contributed by atoms with E-state index in [1.54, 1.807) is 14.1 Å². The van der Waals surface area contributed by atoms with Crippen molar-refractivity contribution in [3.8, 4) is 0 Å². The SMILES string of the molecule is CN=C1S[C@H](CC(=O)Nc2cc([N+](=O)[O-])ccc2Cl)C(=O)N1C. The second kappa shape index (κ2) is 6.97. The van der Waals surface area contributed by atoms with Crippen molar-refractivity contribution in [2.75, 3.05) is 19.4 Å². The number of hydrogen-bond donors (Lipinski definition) is 1. The second-order valence-corrected chi connectivity index (χ2v) is 6.26. The van der Waals surface area contributed by atoms with Gasteiger partial charge in [0, 0.05) is 32.6 Å². The molecule has 1 aliphatic rings. The van der Waals surface area contributed by atoms with Gasteiger partial charge < -0.3 is 5.32 Å². The fourth-order valence-corrected chi connectivity index (χ4v) is 3.26. The highest BCUT2D eigenvalue weighted by Gasteiger charge is 2.36. The van der Waals surface area contributed by atoms with Crippen LogP contribution in [-0.4, -0.2) is 46.2 Å². The molecule has 1 aliphatic heterocycles. The van der Waals surface area contributed by atoms with E-state index in [0.717, 1.165) is 0 Å². The zero-order valence-corrected chi connectivity index (χ0v) is 13.8. The molecule has 1 aromatic rings. The first kappa shape index (κ1) is 17.2. The van der Waals surface area contributed by atoms with Crippen LogP contribution in [0.4, 0.5) is 11.4 Å². The van der Waals surface area contributed by atoms with Gasteiger partial charge in [0.15, 0.2) is 5.17 Å². The van der Waals surface area contributed by atoms with Crippen molar-refractivity contribution in [2.45, 2.75) is 11.7 Å². The van der Waals surface area contributed by atoms with Gasteiger partial charge in [-0.25, -0.2) is 0 Å². The Hall–Kier alpha value is -2.13. The number of thioether (sulfide) groups is 1. The average Bonchev–Trinajstić information content (AvgIpc) is 2.77. The van der Waals surface area contributed by atoms with Crippen LogP contribution in [0.15, 0.2) is 23.2 Å². The molecule has 1 N–H and O–H groups in total. The fraction of sp³-hybridized carbons (Fsp3) is 0.308. The number of non-ortho nitro benzene ring substituents is 1. The van der Waals surface area contributed by atoms with Gasteiger partial charge in [-0.3, -0.25) is 29.6 Å². The van der Waals surface area contributed by atoms with Gasteiger partial charge in [-0.2, -0.15) is 0 Å². The Kier molecular flexibility index (Phi) is 5.22. The van der Waals surface area contributed by atoms with Crippen molar-refractivity contribution in [1.29, 1.82) is 0 Å². The van der Waals surface area contributed by atoms with Crippen LogP contribution in [0.25, 0.3) is 0 Å². The predicted octanol–water partition coefficient (Wildman–Crippen LogP) is 2.14. The van der Waals surface area contributed by atoms with Crippen molar-refractivity contribution in [3.63, 3.8) is 0 Å². The van der Waals surface area contributed by atoms with E-state index < -0.39 is 16.1 Å². The van der Waals surface area contributed by atoms with Crippen molar-refractivity contribution in [1.82, 2.24) is 4.90 Å². The normalized spacial score (nSPS) is 19.3. The molecular formula is C13H13ClN4O4S. The summed E-state index contributed by atoms with van der Waals surface area (Å²) in [5.74, 6) is -0.667. The summed E-state index contributed by atoms with van der Waals surface area (Å²) in [5.41, 5.74) is -0.0461. The minimum absolute atomic E-state index is 0.0775. The molecule has 0 aromatic heterocycles. The first-order valence-corrected chi connectivity index (χ1v) is 7.74. The number of benzene rings is 1. The van der Waals surface area contributed by atoms with Crippen molar-refractivity contribution < 1.29 is 14.5 Å². The van der Waals surface area contributed by atoms with Gasteiger partial charge in [-0.05, 0) is 6.07 Å². The van der Waals surface area contributed by atoms with Crippen LogP contribution in [0.5, 0.6) is 0 Å². The van der Waals surface area contributed by atoms with Crippen molar-refractivity contribution in [2.24, 2.45) is 4.99 Å². The molecule has 122 valence electrons. The zero-order chi connectivity index (χ0) is 17.1. The van der Waals surface area contributed by atoms with E-state index >= 15 is 0 Å². The number of amidine groups is 1. The Bertz CT molecular complexity index is 709. The van der Waals surface area contributed by atoms with E-state index in [1.165, 1.54) is 34.9 Å². The molecule has 1 atom stereocenters. The smallest absolute Gasteiger partial charge is 0.271 e. The Morgan fingerprint density at radius 2 is 2.26 bits per heavy atom. The Morgan fingerprint density at radius 1 is 1.57 bits per heavy atom. The number of nitro benzene ring substituents is 1. The van der Waals surface area contributed by atoms with Crippen LogP contribution >= 0.6 is 23.4 Å². The lowest BCUT2D eigenvalue weighted by Gasteiger charge is -2.10. The van der Waals surface area contributed by atoms with Crippen LogP contribution in [-0.2, 0) is 9.59 Å². The van der Waals surface area contributed by atoms with Crippen LogP contribution in [0.2, 0.25) is 5.02 Å². The summed E-state index contributed by atoms with van der Waals surface area (Å²) in [4.78, 5) is 39.6. The molecule has 0 saturated carbocycles. The van der Waals surface area contributed by atoms with E-state index in [9.17, 15) is 19.7 Å². The number of carbonyl (C=O) groups is 2. The summed E-state index contributed by atoms with van der Waals surface area (Å²) in [5, 5.41) is 13.4. The number of carbonyl (C=O) groups excluding carboxylic acids is 2. The average molecular weight is 357 g/mol. The largest absolute Gasteiger partial charge is 0.325 e. The quantitative estimate of drug-likeness (QED) is 0.657. The minimum Gasteiger partial charge on any atom is -0.325 e. The highest BCUT2D eigenvalue weighted by Crippen LogP contribution is 2.30. The maximum absolute atomic E-state index is 12.1. The van der Waals surface area contributed by atoms with Crippen molar-refractivity contribution in [3.05, 3.63) is 33.3 Å². The monoisotopic (exact) mass is 356 g/mol. The zero-order valence-electron chi connectivity index (χ0n) is 12.3. The summed E-state index contributed by atoms with van der Waals surface area (Å²) < 4.78 is 0. The molecule has 1 fully saturated rings. The molecule has 1 aromatic carbocycles. The lowest BCUT2D eigenvalue weighted by atomic mass is 10.2. The molecule has 23 heavy (non-hydrogen) atoms. The molecule has 2 amide bonds. The molecule has 0 aliphatic carbocycles. The molecule has 0 unspecified atom stereocenters. The first-order chi connectivity index (χ1) is 10.8. The Labute approximate surface area is 141 Å². The second-order valence-electron chi connectivity index (χ2n) is 4.68. The lowest BCUT2D eigenvalue weighted by Crippen LogP contribution is -2.30. The molecule has 0 radical (unpaired) electrons. The van der Waals surface area contributed by atoms with E-state index in [4.69, 9.17) is 11.6 Å². The van der Waals surface area contributed by atoms with Crippen LogP contribution in [0, 0.1) is 10.1 Å². The molecule has 0 bridgehead atoms.